The normalized spacial score (nSPS) is 22.1. The Morgan fingerprint density at radius 1 is 0.652 bits per heavy atom. The Hall–Kier alpha value is -1.30. The molecule has 1 heterocycles. The van der Waals surface area contributed by atoms with Crippen molar-refractivity contribution in [2.75, 3.05) is 19.8 Å². The van der Waals surface area contributed by atoms with Crippen LogP contribution in [0.2, 0.25) is 0 Å². The average Bonchev–Trinajstić information content (AvgIpc) is 3.05. The lowest BCUT2D eigenvalue weighted by Gasteiger charge is -2.39. The standard InChI is InChI=1S/C36H70N2O8/c1-3-5-7-9-11-13-14-15-16-17-19-21-23-25-31(40)38-29(28-45-36-34(43)33(42)32(41)30(27-39)46-36)35(44)37-26-24-22-20-18-12-10-8-6-4-2/h29-30,32-34,36,39,41-43H,3-28H2,1-2H3,(H,37,44)(H,38,40)/t29-,30+,32-,33-,34+,36-/m0/s1. The molecule has 10 heteroatoms. The number of aliphatic hydroxyl groups excluding tert-OH is 4. The fraction of sp³-hybridized carbons (Fsp3) is 0.944. The number of carbonyl (C=O) groups excluding carboxylic acids is 2. The van der Waals surface area contributed by atoms with Gasteiger partial charge in [-0.3, -0.25) is 9.59 Å². The van der Waals surface area contributed by atoms with Crippen molar-refractivity contribution in [3.8, 4) is 0 Å². The second-order valence-corrected chi connectivity index (χ2v) is 13.3. The zero-order valence-electron chi connectivity index (χ0n) is 29.3. The highest BCUT2D eigenvalue weighted by Gasteiger charge is 2.44. The van der Waals surface area contributed by atoms with E-state index in [1.807, 2.05) is 0 Å². The molecule has 0 unspecified atom stereocenters. The fourth-order valence-corrected chi connectivity index (χ4v) is 5.92. The molecule has 0 radical (unpaired) electrons. The molecule has 0 aliphatic carbocycles. The number of nitrogens with one attached hydrogen (secondary N) is 2. The van der Waals surface area contributed by atoms with E-state index in [-0.39, 0.29) is 18.4 Å². The largest absolute Gasteiger partial charge is 0.394 e. The molecule has 272 valence electrons. The highest BCUT2D eigenvalue weighted by atomic mass is 16.7. The topological polar surface area (TPSA) is 158 Å². The van der Waals surface area contributed by atoms with Crippen LogP contribution in [0.4, 0.5) is 0 Å². The molecule has 1 saturated heterocycles. The molecule has 0 saturated carbocycles. The average molecular weight is 659 g/mol. The minimum atomic E-state index is -1.58. The molecule has 1 rings (SSSR count). The van der Waals surface area contributed by atoms with Crippen LogP contribution in [0.15, 0.2) is 0 Å². The molecule has 1 aliphatic rings. The third-order valence-electron chi connectivity index (χ3n) is 9.01. The van der Waals surface area contributed by atoms with Crippen LogP contribution in [0.3, 0.4) is 0 Å². The van der Waals surface area contributed by atoms with Gasteiger partial charge in [-0.15, -0.1) is 0 Å². The van der Waals surface area contributed by atoms with E-state index < -0.39 is 43.4 Å². The molecule has 0 aromatic carbocycles. The van der Waals surface area contributed by atoms with E-state index in [1.54, 1.807) is 0 Å². The van der Waals surface area contributed by atoms with Crippen LogP contribution < -0.4 is 10.6 Å². The first kappa shape index (κ1) is 42.7. The van der Waals surface area contributed by atoms with Gasteiger partial charge >= 0.3 is 0 Å². The van der Waals surface area contributed by atoms with E-state index in [0.29, 0.717) is 13.0 Å². The minimum Gasteiger partial charge on any atom is -0.394 e. The summed E-state index contributed by atoms with van der Waals surface area (Å²) in [5, 5.41) is 45.5. The van der Waals surface area contributed by atoms with E-state index in [1.165, 1.54) is 103 Å². The smallest absolute Gasteiger partial charge is 0.244 e. The molecular formula is C36H70N2O8. The van der Waals surface area contributed by atoms with Crippen molar-refractivity contribution in [2.45, 2.75) is 198 Å². The number of rotatable bonds is 30. The van der Waals surface area contributed by atoms with Crippen LogP contribution in [-0.2, 0) is 19.1 Å². The number of ether oxygens (including phenoxy) is 2. The van der Waals surface area contributed by atoms with Gasteiger partial charge in [0.1, 0.15) is 30.5 Å². The summed E-state index contributed by atoms with van der Waals surface area (Å²) in [7, 11) is 0. The maximum absolute atomic E-state index is 13.1. The number of amides is 2. The summed E-state index contributed by atoms with van der Waals surface area (Å²) in [5.74, 6) is -0.633. The first-order chi connectivity index (χ1) is 22.3. The zero-order valence-corrected chi connectivity index (χ0v) is 29.3. The number of unbranched alkanes of at least 4 members (excludes halogenated alkanes) is 20. The molecular weight excluding hydrogens is 588 g/mol. The van der Waals surface area contributed by atoms with Gasteiger partial charge in [-0.1, -0.05) is 142 Å². The van der Waals surface area contributed by atoms with E-state index in [9.17, 15) is 30.0 Å². The first-order valence-electron chi connectivity index (χ1n) is 18.8. The summed E-state index contributed by atoms with van der Waals surface area (Å²) in [5.41, 5.74) is 0. The van der Waals surface area contributed by atoms with E-state index in [4.69, 9.17) is 9.47 Å². The fourth-order valence-electron chi connectivity index (χ4n) is 5.92. The van der Waals surface area contributed by atoms with Crippen molar-refractivity contribution in [2.24, 2.45) is 0 Å². The van der Waals surface area contributed by atoms with Crippen molar-refractivity contribution in [1.82, 2.24) is 10.6 Å². The molecule has 46 heavy (non-hydrogen) atoms. The van der Waals surface area contributed by atoms with Crippen molar-refractivity contribution >= 4 is 11.8 Å². The monoisotopic (exact) mass is 659 g/mol. The molecule has 0 bridgehead atoms. The van der Waals surface area contributed by atoms with Crippen molar-refractivity contribution in [3.63, 3.8) is 0 Å². The summed E-state index contributed by atoms with van der Waals surface area (Å²) in [6.07, 6.45) is 19.5. The Bertz CT molecular complexity index is 741. The number of carbonyl (C=O) groups is 2. The maximum Gasteiger partial charge on any atom is 0.244 e. The summed E-state index contributed by atoms with van der Waals surface area (Å²) >= 11 is 0. The van der Waals surface area contributed by atoms with Crippen LogP contribution in [0.25, 0.3) is 0 Å². The molecule has 6 N–H and O–H groups in total. The van der Waals surface area contributed by atoms with E-state index in [2.05, 4.69) is 24.5 Å². The molecule has 0 spiro atoms. The van der Waals surface area contributed by atoms with Crippen molar-refractivity contribution < 1.29 is 39.5 Å². The Morgan fingerprint density at radius 2 is 1.11 bits per heavy atom. The van der Waals surface area contributed by atoms with Crippen LogP contribution in [0.5, 0.6) is 0 Å². The maximum atomic E-state index is 13.1. The second-order valence-electron chi connectivity index (χ2n) is 13.3. The minimum absolute atomic E-state index is 0.247. The van der Waals surface area contributed by atoms with Gasteiger partial charge in [0.15, 0.2) is 6.29 Å². The molecule has 1 fully saturated rings. The van der Waals surface area contributed by atoms with Crippen LogP contribution in [0, 0.1) is 0 Å². The van der Waals surface area contributed by atoms with Crippen molar-refractivity contribution in [3.05, 3.63) is 0 Å². The van der Waals surface area contributed by atoms with Gasteiger partial charge in [0.2, 0.25) is 11.8 Å². The Balaban J connectivity index is 2.42. The number of hydrogen-bond donors (Lipinski definition) is 6. The molecule has 2 amide bonds. The van der Waals surface area contributed by atoms with E-state index >= 15 is 0 Å². The predicted molar refractivity (Wildman–Crippen MR) is 182 cm³/mol. The van der Waals surface area contributed by atoms with Crippen molar-refractivity contribution in [1.29, 1.82) is 0 Å². The molecule has 0 aromatic rings. The van der Waals surface area contributed by atoms with Gasteiger partial charge < -0.3 is 40.5 Å². The SMILES string of the molecule is CCCCCCCCCCCCCCCC(=O)N[C@@H](CO[C@H]1O[C@H](CO)[C@H](O)[C@H](O)[C@H]1O)C(=O)NCCCCCCCCCCC. The number of aliphatic hydroxyl groups is 4. The molecule has 6 atom stereocenters. The summed E-state index contributed by atoms with van der Waals surface area (Å²) in [4.78, 5) is 25.8. The van der Waals surface area contributed by atoms with Gasteiger partial charge in [-0.2, -0.15) is 0 Å². The lowest BCUT2D eigenvalue weighted by molar-refractivity contribution is -0.301. The van der Waals surface area contributed by atoms with Crippen LogP contribution >= 0.6 is 0 Å². The van der Waals surface area contributed by atoms with Gasteiger partial charge in [-0.25, -0.2) is 0 Å². The quantitative estimate of drug-likeness (QED) is 0.0559. The molecule has 10 nitrogen and oxygen atoms in total. The van der Waals surface area contributed by atoms with E-state index in [0.717, 1.165) is 38.5 Å². The number of hydrogen-bond acceptors (Lipinski definition) is 8. The lowest BCUT2D eigenvalue weighted by atomic mass is 9.99. The Morgan fingerprint density at radius 3 is 1.59 bits per heavy atom. The van der Waals surface area contributed by atoms with Gasteiger partial charge in [0.25, 0.3) is 0 Å². The Labute approximate surface area is 279 Å². The van der Waals surface area contributed by atoms with Gasteiger partial charge in [0, 0.05) is 13.0 Å². The first-order valence-corrected chi connectivity index (χ1v) is 18.8. The summed E-state index contributed by atoms with van der Waals surface area (Å²) in [6, 6.07) is -1.01. The lowest BCUT2D eigenvalue weighted by Crippen LogP contribution is -2.60. The highest BCUT2D eigenvalue weighted by molar-refractivity contribution is 5.87. The van der Waals surface area contributed by atoms with Gasteiger partial charge in [0.05, 0.1) is 13.2 Å². The van der Waals surface area contributed by atoms with Gasteiger partial charge in [-0.05, 0) is 12.8 Å². The Kier molecular flexibility index (Phi) is 26.6. The summed E-state index contributed by atoms with van der Waals surface area (Å²) < 4.78 is 11.0. The predicted octanol–water partition coefficient (Wildman–Crippen LogP) is 5.42. The molecule has 1 aliphatic heterocycles. The third kappa shape index (κ3) is 20.2. The van der Waals surface area contributed by atoms with Crippen LogP contribution in [-0.4, -0.2) is 88.7 Å². The third-order valence-corrected chi connectivity index (χ3v) is 9.01. The summed E-state index contributed by atoms with van der Waals surface area (Å²) in [6.45, 7) is 4.07. The zero-order chi connectivity index (χ0) is 33.8. The highest BCUT2D eigenvalue weighted by Crippen LogP contribution is 2.22. The van der Waals surface area contributed by atoms with Crippen LogP contribution in [0.1, 0.15) is 162 Å². The second kappa shape index (κ2) is 28.7. The molecule has 0 aromatic heterocycles.